The van der Waals surface area contributed by atoms with Crippen molar-refractivity contribution in [3.05, 3.63) is 253 Å². The summed E-state index contributed by atoms with van der Waals surface area (Å²) in [5, 5.41) is 12.4. The lowest BCUT2D eigenvalue weighted by atomic mass is 9.68. The third-order valence-corrected chi connectivity index (χ3v) is 15.0. The summed E-state index contributed by atoms with van der Waals surface area (Å²) in [4.78, 5) is 0. The fourth-order valence-corrected chi connectivity index (χ4v) is 12.4. The highest BCUT2D eigenvalue weighted by Crippen LogP contribution is 2.68. The maximum Gasteiger partial charge on any atom is 0.143 e. The maximum atomic E-state index is 7.16. The molecule has 1 nitrogen and oxygen atoms in total. The van der Waals surface area contributed by atoms with Gasteiger partial charge in [-0.1, -0.05) is 212 Å². The molecule has 0 saturated carbocycles. The number of hydrogen-bond donors (Lipinski definition) is 0. The number of para-hydroxylation sites is 1. The van der Waals surface area contributed by atoms with Gasteiger partial charge in [0.15, 0.2) is 0 Å². The molecular weight excluding hydrogens is 797 g/mol. The average molecular weight is 835 g/mol. The first-order chi connectivity index (χ1) is 32.8. The first kappa shape index (κ1) is 35.9. The summed E-state index contributed by atoms with van der Waals surface area (Å²) in [5.41, 5.74) is 18.7. The molecule has 0 N–H and O–H groups in total. The Balaban J connectivity index is 1.12. The molecule has 0 fully saturated rings. The van der Waals surface area contributed by atoms with Gasteiger partial charge in [0.05, 0.1) is 5.41 Å². The van der Waals surface area contributed by atoms with E-state index in [0.717, 1.165) is 27.7 Å². The van der Waals surface area contributed by atoms with Crippen LogP contribution in [0.5, 0.6) is 0 Å². The quantitative estimate of drug-likeness (QED) is 0.162. The third-order valence-electron chi connectivity index (χ3n) is 15.0. The normalized spacial score (nSPS) is 14.7. The van der Waals surface area contributed by atoms with Gasteiger partial charge in [0.25, 0.3) is 0 Å². The lowest BCUT2D eigenvalue weighted by molar-refractivity contribution is 0.669. The van der Waals surface area contributed by atoms with Crippen LogP contribution in [-0.4, -0.2) is 0 Å². The van der Waals surface area contributed by atoms with Gasteiger partial charge in [-0.2, -0.15) is 0 Å². The monoisotopic (exact) mass is 834 g/mol. The molecule has 1 aromatic heterocycles. The van der Waals surface area contributed by atoms with Crippen molar-refractivity contribution in [1.82, 2.24) is 0 Å². The zero-order chi connectivity index (χ0) is 43.1. The molecule has 0 saturated heterocycles. The number of hydrogen-bond acceptors (Lipinski definition) is 1. The smallest absolute Gasteiger partial charge is 0.143 e. The van der Waals surface area contributed by atoms with Crippen molar-refractivity contribution < 1.29 is 4.42 Å². The Hall–Kier alpha value is -8.52. The molecule has 0 bridgehead atoms. The van der Waals surface area contributed by atoms with Crippen molar-refractivity contribution in [3.63, 3.8) is 0 Å². The summed E-state index contributed by atoms with van der Waals surface area (Å²) in [6.07, 6.45) is 0. The molecule has 2 aliphatic carbocycles. The molecule has 0 amide bonds. The van der Waals surface area contributed by atoms with E-state index in [9.17, 15) is 0 Å². The number of fused-ring (bicyclic) bond motifs is 22. The van der Waals surface area contributed by atoms with Crippen molar-refractivity contribution in [2.45, 2.75) is 5.41 Å². The summed E-state index contributed by atoms with van der Waals surface area (Å²) in [6, 6.07) is 85.8. The minimum Gasteiger partial charge on any atom is -0.455 e. The van der Waals surface area contributed by atoms with E-state index >= 15 is 0 Å². The Labute approximate surface area is 381 Å². The summed E-state index contributed by atoms with van der Waals surface area (Å²) >= 11 is 0. The van der Waals surface area contributed by atoms with Gasteiger partial charge >= 0.3 is 0 Å². The predicted octanol–water partition coefficient (Wildman–Crippen LogP) is 17.5. The SMILES string of the molecule is c1ccc(-c2ccc3c4c(c5ccccc5c3c2)-c2c(cc(-c3ccc(-c5cccc6ccccc56)cc3)c3oc5ccccc5c23)C42c3ccccc3-c3c2ccc2ccccc32)cc1. The minimum absolute atomic E-state index is 0.651. The largest absolute Gasteiger partial charge is 0.455 e. The number of furan rings is 1. The molecule has 1 heteroatoms. The van der Waals surface area contributed by atoms with Gasteiger partial charge < -0.3 is 4.42 Å². The standard InChI is InChI=1S/C65H38O/c1-2-15-39(16-3-1)44-33-35-50-54(37-44)48-22-8-9-23-49(48)60-62-57(65(63(50)60)55-27-12-10-24-51(55)59-47-21-7-5-18-41(47)34-36-56(59)65)38-53(64-61(62)52-25-11-13-28-58(52)66-64)43-31-29-42(30-32-43)46-26-14-19-40-17-4-6-20-45(40)46/h1-38H. The first-order valence-electron chi connectivity index (χ1n) is 23.0. The first-order valence-corrected chi connectivity index (χ1v) is 23.0. The van der Waals surface area contributed by atoms with Crippen molar-refractivity contribution in [3.8, 4) is 55.6 Å². The molecule has 1 heterocycles. The van der Waals surface area contributed by atoms with Crippen LogP contribution in [0.2, 0.25) is 0 Å². The van der Waals surface area contributed by atoms with Crippen LogP contribution in [0.15, 0.2) is 235 Å². The molecule has 2 aliphatic rings. The van der Waals surface area contributed by atoms with E-state index in [1.807, 2.05) is 0 Å². The summed E-state index contributed by atoms with van der Waals surface area (Å²) in [7, 11) is 0. The van der Waals surface area contributed by atoms with Gasteiger partial charge in [-0.3, -0.25) is 0 Å². The van der Waals surface area contributed by atoms with Crippen molar-refractivity contribution >= 4 is 65.0 Å². The van der Waals surface area contributed by atoms with Crippen LogP contribution in [-0.2, 0) is 5.41 Å². The molecule has 1 unspecified atom stereocenters. The molecular formula is C65H38O. The minimum atomic E-state index is -0.651. The summed E-state index contributed by atoms with van der Waals surface area (Å²) < 4.78 is 7.16. The van der Waals surface area contributed by atoms with Gasteiger partial charge in [0, 0.05) is 16.3 Å². The Morgan fingerprint density at radius 3 is 1.74 bits per heavy atom. The van der Waals surface area contributed by atoms with Gasteiger partial charge in [-0.05, 0) is 134 Å². The maximum absolute atomic E-state index is 7.16. The van der Waals surface area contributed by atoms with E-state index in [1.165, 1.54) is 115 Å². The van der Waals surface area contributed by atoms with E-state index in [-0.39, 0.29) is 0 Å². The second kappa shape index (κ2) is 13.3. The second-order valence-electron chi connectivity index (χ2n) is 18.2. The van der Waals surface area contributed by atoms with Gasteiger partial charge in [0.1, 0.15) is 11.2 Å². The van der Waals surface area contributed by atoms with Crippen LogP contribution in [0.1, 0.15) is 22.3 Å². The van der Waals surface area contributed by atoms with Gasteiger partial charge in [-0.25, -0.2) is 0 Å². The van der Waals surface area contributed by atoms with E-state index in [1.54, 1.807) is 0 Å². The Morgan fingerprint density at radius 2 is 0.909 bits per heavy atom. The molecule has 1 spiro atoms. The Morgan fingerprint density at radius 1 is 0.288 bits per heavy atom. The molecule has 13 aromatic rings. The van der Waals surface area contributed by atoms with Crippen LogP contribution in [0.4, 0.5) is 0 Å². The van der Waals surface area contributed by atoms with Crippen LogP contribution < -0.4 is 0 Å². The van der Waals surface area contributed by atoms with E-state index in [0.29, 0.717) is 0 Å². The Kier molecular flexibility index (Phi) is 7.21. The molecule has 12 aromatic carbocycles. The topological polar surface area (TPSA) is 13.1 Å². The number of rotatable bonds is 3. The zero-order valence-electron chi connectivity index (χ0n) is 35.8. The fraction of sp³-hybridized carbons (Fsp3) is 0.0154. The highest BCUT2D eigenvalue weighted by Gasteiger charge is 2.54. The van der Waals surface area contributed by atoms with E-state index in [2.05, 4.69) is 231 Å². The highest BCUT2D eigenvalue weighted by atomic mass is 16.3. The zero-order valence-corrected chi connectivity index (χ0v) is 35.8. The predicted molar refractivity (Wildman–Crippen MR) is 276 cm³/mol. The van der Waals surface area contributed by atoms with Crippen LogP contribution in [0.3, 0.4) is 0 Å². The summed E-state index contributed by atoms with van der Waals surface area (Å²) in [5.74, 6) is 0. The molecule has 1 atom stereocenters. The lowest BCUT2D eigenvalue weighted by Crippen LogP contribution is -2.26. The average Bonchev–Trinajstić information content (AvgIpc) is 4.03. The van der Waals surface area contributed by atoms with E-state index < -0.39 is 5.41 Å². The van der Waals surface area contributed by atoms with Gasteiger partial charge in [-0.15, -0.1) is 0 Å². The van der Waals surface area contributed by atoms with E-state index in [4.69, 9.17) is 4.42 Å². The number of benzene rings is 12. The Bertz CT molecular complexity index is 4200. The third kappa shape index (κ3) is 4.64. The highest BCUT2D eigenvalue weighted by molar-refractivity contribution is 6.27. The molecule has 66 heavy (non-hydrogen) atoms. The lowest BCUT2D eigenvalue weighted by Gasteiger charge is -2.32. The van der Waals surface area contributed by atoms with Crippen LogP contribution in [0, 0.1) is 0 Å². The molecule has 0 radical (unpaired) electrons. The van der Waals surface area contributed by atoms with Crippen molar-refractivity contribution in [2.75, 3.05) is 0 Å². The van der Waals surface area contributed by atoms with Crippen LogP contribution >= 0.6 is 0 Å². The summed E-state index contributed by atoms with van der Waals surface area (Å²) in [6.45, 7) is 0. The van der Waals surface area contributed by atoms with Gasteiger partial charge in [0.2, 0.25) is 0 Å². The fourth-order valence-electron chi connectivity index (χ4n) is 12.4. The van der Waals surface area contributed by atoms with Crippen molar-refractivity contribution in [1.29, 1.82) is 0 Å². The van der Waals surface area contributed by atoms with Crippen LogP contribution in [0.25, 0.3) is 121 Å². The molecule has 15 rings (SSSR count). The molecule has 0 aliphatic heterocycles. The van der Waals surface area contributed by atoms with Crippen molar-refractivity contribution in [2.24, 2.45) is 0 Å². The second-order valence-corrected chi connectivity index (χ2v) is 18.2. The molecule has 304 valence electrons.